The van der Waals surface area contributed by atoms with Gasteiger partial charge in [0.1, 0.15) is 29.5 Å². The van der Waals surface area contributed by atoms with Gasteiger partial charge in [-0.15, -0.1) is 0 Å². The van der Waals surface area contributed by atoms with E-state index in [0.717, 1.165) is 38.5 Å². The maximum absolute atomic E-state index is 13.2. The molecule has 1 atom stereocenters. The number of carbonyl (C=O) groups excluding carboxylic acids is 2. The Bertz CT molecular complexity index is 1270. The van der Waals surface area contributed by atoms with Crippen LogP contribution in [0.25, 0.3) is 0 Å². The maximum atomic E-state index is 13.2. The van der Waals surface area contributed by atoms with Gasteiger partial charge in [-0.25, -0.2) is 4.39 Å². The SMILES string of the molecule is CC(C)(C)OC(=O)CN1CC(C(=O)NC2(CCCN)CCCC2)Oc2ccc(Cl)cc21.O=ICOc1ccc(Cl)c(F)c1. The molecular formula is C30H39Cl2FIN3O6. The Kier molecular flexibility index (Phi) is 13.3. The number of anilines is 1. The molecule has 1 fully saturated rings. The third-order valence-corrected chi connectivity index (χ3v) is 8.02. The van der Waals surface area contributed by atoms with Crippen LogP contribution in [0.3, 0.4) is 0 Å². The van der Waals surface area contributed by atoms with Gasteiger partial charge in [-0.1, -0.05) is 36.0 Å². The molecular weight excluding hydrogens is 715 g/mol. The number of amides is 1. The van der Waals surface area contributed by atoms with Gasteiger partial charge < -0.3 is 30.2 Å². The van der Waals surface area contributed by atoms with Crippen LogP contribution in [0.4, 0.5) is 10.1 Å². The summed E-state index contributed by atoms with van der Waals surface area (Å²) in [4.78, 5) is 27.5. The molecule has 9 nitrogen and oxygen atoms in total. The van der Waals surface area contributed by atoms with Gasteiger partial charge in [0.15, 0.2) is 31.9 Å². The molecule has 1 unspecified atom stereocenters. The number of esters is 1. The largest absolute Gasteiger partial charge is 0.480 e. The zero-order valence-corrected chi connectivity index (χ0v) is 28.3. The standard InChI is InChI=1S/C23H34ClN3O4.C7H5ClFIO2/c1-22(2,3)31-20(28)15-27-14-19(30-18-8-7-16(24)13-17(18)27)21(29)26-23(11-6-12-25)9-4-5-10-23;8-6-2-1-5(3-7(6)9)12-4-10-11/h7-8,13,19H,4-6,9-12,14-15,25H2,1-3H3,(H,26,29);1-3H,4H2. The molecule has 1 aliphatic heterocycles. The van der Waals surface area contributed by atoms with Gasteiger partial charge in [-0.2, -0.15) is 0 Å². The summed E-state index contributed by atoms with van der Waals surface area (Å²) in [6.45, 7) is 6.34. The lowest BCUT2D eigenvalue weighted by molar-refractivity contribution is -0.153. The number of benzene rings is 2. The first kappa shape index (κ1) is 35.3. The topological polar surface area (TPSA) is 120 Å². The second kappa shape index (κ2) is 16.2. The Hall–Kier alpha value is -2.22. The number of nitrogens with zero attached hydrogens (tertiary/aromatic N) is 1. The van der Waals surface area contributed by atoms with E-state index in [0.29, 0.717) is 28.8 Å². The van der Waals surface area contributed by atoms with Crippen LogP contribution in [-0.4, -0.2) is 53.4 Å². The quantitative estimate of drug-likeness (QED) is 0.159. The van der Waals surface area contributed by atoms with Gasteiger partial charge in [-0.3, -0.25) is 12.7 Å². The van der Waals surface area contributed by atoms with E-state index in [4.69, 9.17) is 43.1 Å². The monoisotopic (exact) mass is 753 g/mol. The average Bonchev–Trinajstić information content (AvgIpc) is 3.40. The van der Waals surface area contributed by atoms with Crippen molar-refractivity contribution in [3.05, 3.63) is 52.3 Å². The van der Waals surface area contributed by atoms with Crippen molar-refractivity contribution in [2.75, 3.05) is 29.1 Å². The van der Waals surface area contributed by atoms with Crippen LogP contribution in [0.1, 0.15) is 59.3 Å². The lowest BCUT2D eigenvalue weighted by Gasteiger charge is -2.38. The number of hydrogen-bond donors (Lipinski definition) is 2. The van der Waals surface area contributed by atoms with E-state index in [-0.39, 0.29) is 40.1 Å². The summed E-state index contributed by atoms with van der Waals surface area (Å²) < 4.78 is 39.4. The van der Waals surface area contributed by atoms with Gasteiger partial charge >= 0.3 is 5.97 Å². The Morgan fingerprint density at radius 3 is 2.53 bits per heavy atom. The molecule has 0 aromatic heterocycles. The molecule has 13 heteroatoms. The highest BCUT2D eigenvalue weighted by Crippen LogP contribution is 2.37. The lowest BCUT2D eigenvalue weighted by atomic mass is 9.91. The molecule has 2 aliphatic rings. The summed E-state index contributed by atoms with van der Waals surface area (Å²) >= 11 is 10.4. The van der Waals surface area contributed by atoms with Crippen molar-refractivity contribution in [1.82, 2.24) is 5.32 Å². The maximum Gasteiger partial charge on any atom is 0.326 e. The molecule has 43 heavy (non-hydrogen) atoms. The molecule has 0 spiro atoms. The van der Waals surface area contributed by atoms with E-state index >= 15 is 0 Å². The van der Waals surface area contributed by atoms with Crippen LogP contribution in [0.2, 0.25) is 10.0 Å². The normalized spacial score (nSPS) is 17.2. The number of alkyl halides is 1. The van der Waals surface area contributed by atoms with Gasteiger partial charge in [0.05, 0.1) is 17.3 Å². The first-order chi connectivity index (χ1) is 20.3. The second-order valence-corrected chi connectivity index (χ2v) is 13.6. The molecule has 1 heterocycles. The molecule has 4 rings (SSSR count). The summed E-state index contributed by atoms with van der Waals surface area (Å²) in [6, 6.07) is 9.29. The fourth-order valence-electron chi connectivity index (χ4n) is 5.07. The van der Waals surface area contributed by atoms with Crippen LogP contribution in [-0.2, 0) is 17.4 Å². The van der Waals surface area contributed by atoms with E-state index in [1.54, 1.807) is 18.2 Å². The molecule has 0 bridgehead atoms. The van der Waals surface area contributed by atoms with Crippen molar-refractivity contribution in [3.63, 3.8) is 0 Å². The van der Waals surface area contributed by atoms with E-state index in [9.17, 15) is 17.0 Å². The van der Waals surface area contributed by atoms with E-state index in [1.165, 1.54) is 18.2 Å². The smallest absolute Gasteiger partial charge is 0.326 e. The third kappa shape index (κ3) is 11.0. The Balaban J connectivity index is 0.000000353. The summed E-state index contributed by atoms with van der Waals surface area (Å²) in [7, 11) is 0. The predicted octanol–water partition coefficient (Wildman–Crippen LogP) is 6.55. The number of fused-ring (bicyclic) bond motifs is 1. The fourth-order valence-corrected chi connectivity index (χ4v) is 5.84. The van der Waals surface area contributed by atoms with Crippen LogP contribution in [0.15, 0.2) is 36.4 Å². The van der Waals surface area contributed by atoms with Crippen LogP contribution >= 0.6 is 44.4 Å². The number of nitrogens with one attached hydrogen (secondary N) is 1. The van der Waals surface area contributed by atoms with Crippen LogP contribution < -0.4 is 25.4 Å². The number of halogens is 4. The summed E-state index contributed by atoms with van der Waals surface area (Å²) in [6.07, 6.45) is 5.13. The molecule has 1 saturated carbocycles. The molecule has 1 aliphatic carbocycles. The molecule has 0 saturated heterocycles. The highest BCUT2D eigenvalue weighted by molar-refractivity contribution is 14.1. The molecule has 3 N–H and O–H groups in total. The predicted molar refractivity (Wildman–Crippen MR) is 173 cm³/mol. The molecule has 0 radical (unpaired) electrons. The Labute approximate surface area is 272 Å². The Morgan fingerprint density at radius 2 is 1.91 bits per heavy atom. The first-order valence-corrected chi connectivity index (χ1v) is 17.3. The van der Waals surface area contributed by atoms with Gasteiger partial charge in [-0.05, 0) is 83.3 Å². The second-order valence-electron chi connectivity index (χ2n) is 11.5. The number of hydrogen-bond acceptors (Lipinski definition) is 8. The van der Waals surface area contributed by atoms with Gasteiger partial charge in [0, 0.05) is 16.6 Å². The average molecular weight is 754 g/mol. The minimum atomic E-state index is -1.16. The molecule has 2 aromatic rings. The van der Waals surface area contributed by atoms with Crippen molar-refractivity contribution in [2.24, 2.45) is 5.73 Å². The van der Waals surface area contributed by atoms with Crippen LogP contribution in [0, 0.1) is 5.82 Å². The fraction of sp³-hybridized carbons (Fsp3) is 0.533. The minimum absolute atomic E-state index is 0.00999. The highest BCUT2D eigenvalue weighted by Gasteiger charge is 2.39. The summed E-state index contributed by atoms with van der Waals surface area (Å²) in [5.74, 6) is -0.170. The van der Waals surface area contributed by atoms with Crippen molar-refractivity contribution in [3.8, 4) is 11.5 Å². The molecule has 238 valence electrons. The number of rotatable bonds is 10. The van der Waals surface area contributed by atoms with E-state index in [2.05, 4.69) is 5.32 Å². The van der Waals surface area contributed by atoms with Gasteiger partial charge in [0.2, 0.25) is 0 Å². The minimum Gasteiger partial charge on any atom is -0.480 e. The Morgan fingerprint density at radius 1 is 1.19 bits per heavy atom. The van der Waals surface area contributed by atoms with E-state index < -0.39 is 38.7 Å². The summed E-state index contributed by atoms with van der Waals surface area (Å²) in [5.41, 5.74) is 5.60. The third-order valence-electron chi connectivity index (χ3n) is 6.91. The number of ether oxygens (including phenoxy) is 3. The molecule has 2 aromatic carbocycles. The lowest BCUT2D eigenvalue weighted by Crippen LogP contribution is -2.56. The van der Waals surface area contributed by atoms with Crippen molar-refractivity contribution < 1.29 is 31.3 Å². The summed E-state index contributed by atoms with van der Waals surface area (Å²) in [5, 5.41) is 3.85. The zero-order chi connectivity index (χ0) is 31.6. The van der Waals surface area contributed by atoms with Crippen LogP contribution in [0.5, 0.6) is 11.5 Å². The number of nitrogens with two attached hydrogens (primary N) is 1. The van der Waals surface area contributed by atoms with Crippen molar-refractivity contribution in [1.29, 1.82) is 0 Å². The first-order valence-electron chi connectivity index (χ1n) is 14.1. The van der Waals surface area contributed by atoms with E-state index in [1.807, 2.05) is 25.7 Å². The van der Waals surface area contributed by atoms with Gasteiger partial charge in [0.25, 0.3) is 5.91 Å². The van der Waals surface area contributed by atoms with Crippen molar-refractivity contribution >= 4 is 62.0 Å². The molecule has 1 amide bonds. The number of carbonyl (C=O) groups is 2. The van der Waals surface area contributed by atoms with Crippen molar-refractivity contribution in [2.45, 2.75) is 76.5 Å². The highest BCUT2D eigenvalue weighted by atomic mass is 127. The zero-order valence-electron chi connectivity index (χ0n) is 24.6.